The van der Waals surface area contributed by atoms with Gasteiger partial charge in [-0.1, -0.05) is 152 Å². The lowest BCUT2D eigenvalue weighted by Crippen LogP contribution is -2.62. The van der Waals surface area contributed by atoms with Crippen LogP contribution in [0.5, 0.6) is 0 Å². The van der Waals surface area contributed by atoms with E-state index in [2.05, 4.69) is 126 Å². The van der Waals surface area contributed by atoms with Crippen molar-refractivity contribution in [2.45, 2.75) is 102 Å². The van der Waals surface area contributed by atoms with E-state index >= 15 is 8.78 Å². The maximum absolute atomic E-state index is 19.0. The summed E-state index contributed by atoms with van der Waals surface area (Å²) in [5.41, 5.74) is 4.43. The zero-order valence-corrected chi connectivity index (χ0v) is 43.5. The third-order valence-electron chi connectivity index (χ3n) is 13.7. The quantitative estimate of drug-likeness (QED) is 0.0908. The summed E-state index contributed by atoms with van der Waals surface area (Å²) in [6, 6.07) is 36.4. The van der Waals surface area contributed by atoms with Gasteiger partial charge in [-0.3, -0.25) is 14.7 Å². The molecular formula is C52H62F2N2OSi4. The highest BCUT2D eigenvalue weighted by molar-refractivity contribution is 6.63. The third kappa shape index (κ3) is 9.19. The van der Waals surface area contributed by atoms with Gasteiger partial charge in [0.05, 0.1) is 11.4 Å². The van der Waals surface area contributed by atoms with Crippen LogP contribution in [-0.4, -0.2) is 59.8 Å². The highest BCUT2D eigenvalue weighted by Crippen LogP contribution is 2.61. The van der Waals surface area contributed by atoms with Gasteiger partial charge in [0, 0.05) is 94.5 Å². The minimum Gasteiger partial charge on any atom is -0.288 e. The van der Waals surface area contributed by atoms with Crippen molar-refractivity contribution < 1.29 is 13.5 Å². The predicted molar refractivity (Wildman–Crippen MR) is 266 cm³/mol. The molecule has 4 aromatic carbocycles. The third-order valence-corrected chi connectivity index (χ3v) is 30.6. The number of halogens is 2. The molecule has 0 saturated heterocycles. The lowest BCUT2D eigenvalue weighted by molar-refractivity contribution is -0.251. The van der Waals surface area contributed by atoms with E-state index in [0.29, 0.717) is 24.0 Å². The van der Waals surface area contributed by atoms with Crippen molar-refractivity contribution in [1.29, 1.82) is 0 Å². The monoisotopic (exact) mass is 880 g/mol. The van der Waals surface area contributed by atoms with Crippen LogP contribution in [0.3, 0.4) is 0 Å². The fourth-order valence-electron chi connectivity index (χ4n) is 9.92. The molecule has 0 saturated carbocycles. The number of fused-ring (bicyclic) bond motifs is 2. The standard InChI is InChI=1S/C52H62F2N2OSi4/c1-47(2,3)51(58-7,59-8)49(53,31-27-37-19-23-39(24-20-37)35-45-43-17-13-11-15-41(43)29-33-55-45)57-50(54,52(60-9,61-10)48(4,5)6)32-28-38-21-25-40(26-22-38)36-46-44-18-14-12-16-42(44)30-34-56-46/h11-26,29-30,33-34H,35-36,58-61H2,1-10H3. The van der Waals surface area contributed by atoms with Gasteiger partial charge in [-0.25, -0.2) is 0 Å². The van der Waals surface area contributed by atoms with Crippen LogP contribution in [0.25, 0.3) is 21.5 Å². The van der Waals surface area contributed by atoms with Gasteiger partial charge in [0.2, 0.25) is 0 Å². The van der Waals surface area contributed by atoms with Crippen LogP contribution in [0.2, 0.25) is 35.5 Å². The molecule has 61 heavy (non-hydrogen) atoms. The number of ether oxygens (including phenoxy) is 1. The second-order valence-electron chi connectivity index (χ2n) is 18.6. The highest BCUT2D eigenvalue weighted by atomic mass is 28.3. The van der Waals surface area contributed by atoms with Gasteiger partial charge in [0.1, 0.15) is 0 Å². The van der Waals surface area contributed by atoms with Crippen molar-refractivity contribution in [2.24, 2.45) is 10.8 Å². The van der Waals surface area contributed by atoms with Crippen LogP contribution in [-0.2, 0) is 17.6 Å². The Morgan fingerprint density at radius 3 is 1.16 bits per heavy atom. The van der Waals surface area contributed by atoms with Gasteiger partial charge in [-0.15, -0.1) is 0 Å². The van der Waals surface area contributed by atoms with Gasteiger partial charge in [0.15, 0.2) is 0 Å². The summed E-state index contributed by atoms with van der Waals surface area (Å²) in [4.78, 5) is 9.36. The van der Waals surface area contributed by atoms with Crippen LogP contribution < -0.4 is 0 Å². The fourth-order valence-corrected chi connectivity index (χ4v) is 20.6. The molecule has 0 bridgehead atoms. The topological polar surface area (TPSA) is 35.0 Å². The minimum absolute atomic E-state index is 0.519. The van der Waals surface area contributed by atoms with Gasteiger partial charge in [0.25, 0.3) is 11.7 Å². The Morgan fingerprint density at radius 2 is 0.836 bits per heavy atom. The number of benzene rings is 4. The zero-order valence-electron chi connectivity index (χ0n) is 37.8. The lowest BCUT2D eigenvalue weighted by atomic mass is 9.84. The highest BCUT2D eigenvalue weighted by Gasteiger charge is 2.65. The van der Waals surface area contributed by atoms with E-state index in [-0.39, 0.29) is 0 Å². The molecular weight excluding hydrogens is 819 g/mol. The van der Waals surface area contributed by atoms with E-state index in [1.807, 2.05) is 97.3 Å². The second kappa shape index (κ2) is 18.5. The van der Waals surface area contributed by atoms with E-state index in [0.717, 1.165) is 44.1 Å². The number of hydrogen-bond donors (Lipinski definition) is 0. The first-order valence-corrected chi connectivity index (χ1v) is 30.4. The van der Waals surface area contributed by atoms with E-state index in [9.17, 15) is 0 Å². The second-order valence-corrected chi connectivity index (χ2v) is 28.2. The Balaban J connectivity index is 1.40. The largest absolute Gasteiger partial charge is 0.288 e. The van der Waals surface area contributed by atoms with Crippen molar-refractivity contribution in [2.75, 3.05) is 0 Å². The maximum Gasteiger partial charge on any atom is 0.276 e. The molecule has 0 aliphatic carbocycles. The molecule has 3 nitrogen and oxygen atoms in total. The minimum atomic E-state index is -2.57. The van der Waals surface area contributed by atoms with Gasteiger partial charge < -0.3 is 0 Å². The molecule has 0 aliphatic rings. The summed E-state index contributed by atoms with van der Waals surface area (Å²) >= 11 is 0. The molecule has 6 aromatic rings. The molecule has 316 valence electrons. The number of hydrogen-bond acceptors (Lipinski definition) is 3. The number of rotatable bonds is 12. The van der Waals surface area contributed by atoms with E-state index in [1.165, 1.54) is 0 Å². The summed E-state index contributed by atoms with van der Waals surface area (Å²) in [6.07, 6.45) is 5.01. The summed E-state index contributed by atoms with van der Waals surface area (Å²) in [5, 5.41) is 4.55. The average molecular weight is 881 g/mol. The summed E-state index contributed by atoms with van der Waals surface area (Å²) in [6.45, 7) is 21.0. The molecule has 6 rings (SSSR count). The van der Waals surface area contributed by atoms with Crippen molar-refractivity contribution in [3.05, 3.63) is 155 Å². The SMILES string of the molecule is C[SiH2]C([SiH2]C)(C(C)(C)C)C(F)(C#Cc1ccc(Cc2nccc3ccccc23)cc1)OC(F)(C#Cc1ccc(Cc2nccc3ccccc23)cc1)C([SiH2]C)([SiH2]C)C(C)(C)C. The molecule has 0 radical (unpaired) electrons. The Hall–Kier alpha value is -4.49. The molecule has 0 amide bonds. The lowest BCUT2D eigenvalue weighted by Gasteiger charge is -2.55. The van der Waals surface area contributed by atoms with Crippen LogP contribution in [0.4, 0.5) is 8.78 Å². The Labute approximate surface area is 372 Å². The summed E-state index contributed by atoms with van der Waals surface area (Å²) in [5.74, 6) is 7.37. The molecule has 0 fully saturated rings. The molecule has 9 heteroatoms. The van der Waals surface area contributed by atoms with Crippen molar-refractivity contribution in [1.82, 2.24) is 9.97 Å². The van der Waals surface area contributed by atoms with E-state index < -0.39 is 69.9 Å². The molecule has 2 unspecified atom stereocenters. The number of pyridine rings is 2. The molecule has 0 spiro atoms. The van der Waals surface area contributed by atoms with Gasteiger partial charge >= 0.3 is 0 Å². The first kappa shape index (κ1) is 46.0. The van der Waals surface area contributed by atoms with Gasteiger partial charge in [-0.05, 0) is 81.0 Å². The van der Waals surface area contributed by atoms with Crippen molar-refractivity contribution >= 4 is 59.6 Å². The summed E-state index contributed by atoms with van der Waals surface area (Å²) in [7, 11) is -4.63. The zero-order chi connectivity index (χ0) is 44.1. The molecule has 0 N–H and O–H groups in total. The van der Waals surface area contributed by atoms with E-state index in [4.69, 9.17) is 4.74 Å². The predicted octanol–water partition coefficient (Wildman–Crippen LogP) is 9.91. The first-order chi connectivity index (χ1) is 29.0. The van der Waals surface area contributed by atoms with Crippen LogP contribution >= 0.6 is 0 Å². The molecule has 0 aliphatic heterocycles. The average Bonchev–Trinajstić information content (AvgIpc) is 3.24. The van der Waals surface area contributed by atoms with E-state index in [1.54, 1.807) is 0 Å². The first-order valence-electron chi connectivity index (χ1n) is 21.9. The van der Waals surface area contributed by atoms with Crippen LogP contribution in [0.1, 0.15) is 75.2 Å². The smallest absolute Gasteiger partial charge is 0.276 e. The molecule has 2 atom stereocenters. The Morgan fingerprint density at radius 1 is 0.492 bits per heavy atom. The number of aromatic nitrogens is 2. The fraction of sp³-hybridized carbons (Fsp3) is 0.346. The van der Waals surface area contributed by atoms with Crippen molar-refractivity contribution in [3.63, 3.8) is 0 Å². The van der Waals surface area contributed by atoms with Crippen molar-refractivity contribution in [3.8, 4) is 23.7 Å². The summed E-state index contributed by atoms with van der Waals surface area (Å²) < 4.78 is 42.9. The van der Waals surface area contributed by atoms with Gasteiger partial charge in [-0.2, -0.15) is 8.78 Å². The Bertz CT molecular complexity index is 2400. The number of nitrogens with zero attached hydrogens (tertiary/aromatic N) is 2. The van der Waals surface area contributed by atoms with Crippen LogP contribution in [0.15, 0.2) is 122 Å². The molecule has 2 aromatic heterocycles. The number of alkyl halides is 2. The normalized spacial score (nSPS) is 16.7. The van der Waals surface area contributed by atoms with Crippen LogP contribution in [0, 0.1) is 34.5 Å². The molecule has 2 heterocycles. The maximum atomic E-state index is 19.0. The Kier molecular flexibility index (Phi) is 13.9.